The van der Waals surface area contributed by atoms with Crippen LogP contribution in [0.3, 0.4) is 0 Å². The molecule has 0 aliphatic heterocycles. The molecule has 9 heavy (non-hydrogen) atoms. The minimum atomic E-state index is -1.03. The largest absolute Gasteiger partial charge is 0.335 e. The van der Waals surface area contributed by atoms with Gasteiger partial charge in [0, 0.05) is 6.42 Å². The summed E-state index contributed by atoms with van der Waals surface area (Å²) >= 11 is 0. The van der Waals surface area contributed by atoms with Crippen molar-refractivity contribution in [2.75, 3.05) is 12.8 Å². The van der Waals surface area contributed by atoms with E-state index in [4.69, 9.17) is 0 Å². The van der Waals surface area contributed by atoms with E-state index in [1.165, 1.54) is 0 Å². The number of hydrogen-bond donors (Lipinski definition) is 0. The molecule has 1 atom stereocenters. The highest BCUT2D eigenvalue weighted by Gasteiger charge is 2.04. The molecule has 52 valence electrons. The Hall–Kier alpha value is -0.230. The third-order valence-electron chi connectivity index (χ3n) is 1.00. The minimum Gasteiger partial charge on any atom is -0.300 e. The van der Waals surface area contributed by atoms with E-state index in [9.17, 15) is 9.36 Å². The van der Waals surface area contributed by atoms with Crippen LogP contribution in [0.4, 0.5) is 0 Å². The van der Waals surface area contributed by atoms with Crippen molar-refractivity contribution < 1.29 is 9.36 Å². The van der Waals surface area contributed by atoms with Crippen LogP contribution >= 0.6 is 7.80 Å². The molecule has 0 amide bonds. The zero-order valence-electron chi connectivity index (χ0n) is 5.89. The molecular formula is C6H12O2P+. The van der Waals surface area contributed by atoms with Gasteiger partial charge in [-0.15, -0.1) is 0 Å². The van der Waals surface area contributed by atoms with Crippen LogP contribution in [-0.4, -0.2) is 18.6 Å². The molecule has 0 saturated heterocycles. The normalized spacial score (nSPS) is 11.1. The molecule has 0 spiro atoms. The Balaban J connectivity index is 3.10. The Morgan fingerprint density at radius 1 is 1.56 bits per heavy atom. The average molecular weight is 147 g/mol. The molecule has 0 aliphatic rings. The van der Waals surface area contributed by atoms with Gasteiger partial charge in [-0.3, -0.25) is 0 Å². The van der Waals surface area contributed by atoms with Crippen LogP contribution in [0, 0.1) is 0 Å². The summed E-state index contributed by atoms with van der Waals surface area (Å²) in [4.78, 5) is 10.3. The fraction of sp³-hybridized carbons (Fsp3) is 0.833. The van der Waals surface area contributed by atoms with Crippen LogP contribution in [-0.2, 0) is 9.36 Å². The number of hydrogen-bond acceptors (Lipinski definition) is 2. The molecule has 0 heterocycles. The maximum absolute atomic E-state index is 10.5. The third kappa shape index (κ3) is 7.77. The Kier molecular flexibility index (Phi) is 4.51. The monoisotopic (exact) mass is 147 g/mol. The Morgan fingerprint density at radius 3 is 2.44 bits per heavy atom. The molecule has 2 nitrogen and oxygen atoms in total. The van der Waals surface area contributed by atoms with Gasteiger partial charge in [-0.05, 0) is 13.3 Å². The summed E-state index contributed by atoms with van der Waals surface area (Å²) in [5.41, 5.74) is 0. The van der Waals surface area contributed by atoms with Gasteiger partial charge in [-0.1, -0.05) is 4.57 Å². The number of carbonyl (C=O) groups excluding carboxylic acids is 1. The van der Waals surface area contributed by atoms with Crippen LogP contribution in [0.1, 0.15) is 19.8 Å². The van der Waals surface area contributed by atoms with Gasteiger partial charge in [0.25, 0.3) is 0 Å². The first-order chi connectivity index (χ1) is 4.13. The van der Waals surface area contributed by atoms with Gasteiger partial charge in [0.2, 0.25) is 0 Å². The van der Waals surface area contributed by atoms with Gasteiger partial charge in [0.15, 0.2) is 0 Å². The van der Waals surface area contributed by atoms with Crippen LogP contribution in [0.5, 0.6) is 0 Å². The van der Waals surface area contributed by atoms with Gasteiger partial charge in [0.05, 0.1) is 0 Å². The van der Waals surface area contributed by atoms with Crippen LogP contribution in [0.2, 0.25) is 0 Å². The van der Waals surface area contributed by atoms with Crippen molar-refractivity contribution in [1.29, 1.82) is 0 Å². The second-order valence-electron chi connectivity index (χ2n) is 2.16. The molecule has 0 radical (unpaired) electrons. The first kappa shape index (κ1) is 8.77. The molecule has 1 unspecified atom stereocenters. The van der Waals surface area contributed by atoms with E-state index in [-0.39, 0.29) is 5.78 Å². The second kappa shape index (κ2) is 4.63. The van der Waals surface area contributed by atoms with Crippen molar-refractivity contribution in [1.82, 2.24) is 0 Å². The number of rotatable bonds is 4. The summed E-state index contributed by atoms with van der Waals surface area (Å²) in [7, 11) is -1.03. The molecule has 0 aromatic carbocycles. The lowest BCUT2D eigenvalue weighted by Crippen LogP contribution is -1.89. The van der Waals surface area contributed by atoms with Gasteiger partial charge in [0.1, 0.15) is 18.6 Å². The standard InChI is InChI=1S/C6H12O2P/c1-6(7)4-3-5-9(2)8/h3-5H2,1-2H3/q+1. The number of ketones is 1. The Bertz CT molecular complexity index is 106. The maximum Gasteiger partial charge on any atom is 0.335 e. The first-order valence-corrected chi connectivity index (χ1v) is 4.90. The molecule has 0 aromatic heterocycles. The molecule has 0 rings (SSSR count). The molecule has 0 N–H and O–H groups in total. The lowest BCUT2D eigenvalue weighted by atomic mass is 10.3. The second-order valence-corrected chi connectivity index (χ2v) is 3.86. The summed E-state index contributed by atoms with van der Waals surface area (Å²) in [5, 5.41) is 0. The van der Waals surface area contributed by atoms with Crippen molar-refractivity contribution >= 4 is 13.6 Å². The van der Waals surface area contributed by atoms with Gasteiger partial charge >= 0.3 is 7.80 Å². The van der Waals surface area contributed by atoms with E-state index in [0.717, 1.165) is 6.42 Å². The predicted octanol–water partition coefficient (Wildman–Crippen LogP) is 1.81. The van der Waals surface area contributed by atoms with Crippen LogP contribution in [0.25, 0.3) is 0 Å². The molecule has 0 saturated carbocycles. The molecule has 3 heteroatoms. The highest BCUT2D eigenvalue weighted by molar-refractivity contribution is 7.43. The van der Waals surface area contributed by atoms with E-state index >= 15 is 0 Å². The fourth-order valence-corrected chi connectivity index (χ4v) is 1.15. The van der Waals surface area contributed by atoms with Crippen molar-refractivity contribution in [2.24, 2.45) is 0 Å². The quantitative estimate of drug-likeness (QED) is 0.568. The summed E-state index contributed by atoms with van der Waals surface area (Å²) in [6.07, 6.45) is 2.05. The zero-order valence-corrected chi connectivity index (χ0v) is 6.78. The number of Topliss-reactive ketones (excluding diaryl/α,β-unsaturated/α-hetero) is 1. The van der Waals surface area contributed by atoms with Crippen molar-refractivity contribution in [3.63, 3.8) is 0 Å². The van der Waals surface area contributed by atoms with Crippen molar-refractivity contribution in [3.05, 3.63) is 0 Å². The topological polar surface area (TPSA) is 34.1 Å². The van der Waals surface area contributed by atoms with Gasteiger partial charge in [-0.25, -0.2) is 0 Å². The number of carbonyl (C=O) groups is 1. The molecule has 0 fully saturated rings. The fourth-order valence-electron chi connectivity index (χ4n) is 0.551. The SMILES string of the molecule is CC(=O)CCC[P+](C)=O. The molecule has 0 aliphatic carbocycles. The van der Waals surface area contributed by atoms with E-state index in [2.05, 4.69) is 0 Å². The Morgan fingerprint density at radius 2 is 2.11 bits per heavy atom. The Labute approximate surface area is 56.4 Å². The van der Waals surface area contributed by atoms with Gasteiger partial charge in [-0.2, -0.15) is 0 Å². The molecule has 0 aromatic rings. The maximum atomic E-state index is 10.5. The van der Waals surface area contributed by atoms with Crippen LogP contribution < -0.4 is 0 Å². The average Bonchev–Trinajstić information content (AvgIpc) is 1.63. The van der Waals surface area contributed by atoms with Crippen molar-refractivity contribution in [2.45, 2.75) is 19.8 Å². The first-order valence-electron chi connectivity index (χ1n) is 3.00. The van der Waals surface area contributed by atoms with E-state index in [1.54, 1.807) is 13.6 Å². The molecular weight excluding hydrogens is 135 g/mol. The summed E-state index contributed by atoms with van der Waals surface area (Å²) in [5.74, 6) is 0.187. The smallest absolute Gasteiger partial charge is 0.300 e. The van der Waals surface area contributed by atoms with Gasteiger partial charge < -0.3 is 4.79 Å². The third-order valence-corrected chi connectivity index (χ3v) is 1.95. The summed E-state index contributed by atoms with van der Waals surface area (Å²) < 4.78 is 10.5. The lowest BCUT2D eigenvalue weighted by Gasteiger charge is -1.84. The summed E-state index contributed by atoms with van der Waals surface area (Å²) in [6.45, 7) is 3.25. The highest BCUT2D eigenvalue weighted by Crippen LogP contribution is 2.15. The highest BCUT2D eigenvalue weighted by atomic mass is 31.1. The van der Waals surface area contributed by atoms with Crippen molar-refractivity contribution in [3.8, 4) is 0 Å². The van der Waals surface area contributed by atoms with E-state index in [1.807, 2.05) is 0 Å². The summed E-state index contributed by atoms with van der Waals surface area (Å²) in [6, 6.07) is 0. The lowest BCUT2D eigenvalue weighted by molar-refractivity contribution is -0.117. The predicted molar refractivity (Wildman–Crippen MR) is 38.3 cm³/mol. The minimum absolute atomic E-state index is 0.187. The van der Waals surface area contributed by atoms with E-state index < -0.39 is 7.80 Å². The van der Waals surface area contributed by atoms with E-state index in [0.29, 0.717) is 12.6 Å². The molecule has 0 bridgehead atoms. The van der Waals surface area contributed by atoms with Crippen LogP contribution in [0.15, 0.2) is 0 Å². The zero-order chi connectivity index (χ0) is 7.28.